The first-order valence-electron chi connectivity index (χ1n) is 23.5. The normalized spacial score (nSPS) is 54.4. The lowest BCUT2D eigenvalue weighted by Gasteiger charge is -2.60. The maximum Gasteiger partial charge on any atom is 0.187 e. The number of rotatable bonds is 13. The lowest BCUT2D eigenvalue weighted by molar-refractivity contribution is -0.373. The average molecular weight is 933 g/mol. The number of fused-ring (bicyclic) bond motifs is 7. The molecule has 4 saturated carbocycles. The standard InChI is InChI=1S/C45H72O20/c1-18(17-59-40-37(56)34(53)31(50)26(14-46)61-40)7-10-45(58)19(2)30-25(65-45)12-24-22-6-5-20-11-21(8-9-43(20,3)23(22)13-29(49)44(24,30)4)60-42-39(36(55)33(52)28(16-48)63-42)64-41-38(57)35(54)32(51)27(15-47)62-41/h19-28,30-42,46-48,50-58H,1,5-17H2,2-4H3. The molecule has 20 nitrogen and oxygen atoms in total. The zero-order chi connectivity index (χ0) is 47.1. The summed E-state index contributed by atoms with van der Waals surface area (Å²) in [5, 5.41) is 125. The van der Waals surface area contributed by atoms with Gasteiger partial charge in [0.2, 0.25) is 0 Å². The lowest BCUT2D eigenvalue weighted by atomic mass is 9.44. The van der Waals surface area contributed by atoms with E-state index in [4.69, 9.17) is 33.2 Å². The number of ether oxygens (including phenoxy) is 7. The van der Waals surface area contributed by atoms with Crippen molar-refractivity contribution in [2.75, 3.05) is 26.4 Å². The van der Waals surface area contributed by atoms with Gasteiger partial charge in [-0.25, -0.2) is 0 Å². The summed E-state index contributed by atoms with van der Waals surface area (Å²) in [4.78, 5) is 14.7. The van der Waals surface area contributed by atoms with Crippen LogP contribution in [0.5, 0.6) is 0 Å². The second-order valence-corrected chi connectivity index (χ2v) is 20.9. The van der Waals surface area contributed by atoms with Crippen molar-refractivity contribution in [3.63, 3.8) is 0 Å². The minimum Gasteiger partial charge on any atom is -0.394 e. The fraction of sp³-hybridized carbons (Fsp3) is 0.933. The molecular weight excluding hydrogens is 860 g/mol. The van der Waals surface area contributed by atoms with E-state index in [2.05, 4.69) is 20.4 Å². The van der Waals surface area contributed by atoms with Gasteiger partial charge in [-0.1, -0.05) is 32.9 Å². The fourth-order valence-corrected chi connectivity index (χ4v) is 13.7. The molecule has 65 heavy (non-hydrogen) atoms. The molecule has 0 radical (unpaired) electrons. The van der Waals surface area contributed by atoms with Crippen LogP contribution in [-0.4, -0.2) is 204 Å². The van der Waals surface area contributed by atoms with Crippen LogP contribution < -0.4 is 0 Å². The van der Waals surface area contributed by atoms with Gasteiger partial charge < -0.3 is 94.4 Å². The molecule has 0 bridgehead atoms. The number of aliphatic hydroxyl groups is 12. The molecule has 26 unspecified atom stereocenters. The first-order valence-corrected chi connectivity index (χ1v) is 23.5. The molecule has 12 N–H and O–H groups in total. The van der Waals surface area contributed by atoms with Gasteiger partial charge in [0.15, 0.2) is 24.7 Å². The van der Waals surface area contributed by atoms with Gasteiger partial charge in [-0.05, 0) is 74.0 Å². The number of ketones is 1. The van der Waals surface area contributed by atoms with Crippen LogP contribution in [0.2, 0.25) is 0 Å². The first-order chi connectivity index (χ1) is 30.7. The molecule has 4 aliphatic heterocycles. The highest BCUT2D eigenvalue weighted by molar-refractivity contribution is 5.87. The Labute approximate surface area is 378 Å². The third kappa shape index (κ3) is 8.60. The van der Waals surface area contributed by atoms with E-state index >= 15 is 0 Å². The van der Waals surface area contributed by atoms with Crippen LogP contribution >= 0.6 is 0 Å². The third-order valence-corrected chi connectivity index (χ3v) is 17.6. The number of hydrogen-bond donors (Lipinski definition) is 12. The van der Waals surface area contributed by atoms with Crippen LogP contribution in [0.3, 0.4) is 0 Å². The number of aliphatic hydroxyl groups excluding tert-OH is 11. The van der Waals surface area contributed by atoms with E-state index < -0.39 is 129 Å². The molecule has 0 aromatic heterocycles. The minimum absolute atomic E-state index is 0.0590. The van der Waals surface area contributed by atoms with Gasteiger partial charge in [0, 0.05) is 30.1 Å². The zero-order valence-corrected chi connectivity index (χ0v) is 37.3. The monoisotopic (exact) mass is 932 g/mol. The van der Waals surface area contributed by atoms with E-state index in [0.717, 1.165) is 19.3 Å². The minimum atomic E-state index is -1.78. The van der Waals surface area contributed by atoms with E-state index in [1.165, 1.54) is 0 Å². The second-order valence-electron chi connectivity index (χ2n) is 20.9. The molecule has 4 heterocycles. The predicted molar refractivity (Wildman–Crippen MR) is 219 cm³/mol. The van der Waals surface area contributed by atoms with Crippen LogP contribution in [0.4, 0.5) is 0 Å². The summed E-state index contributed by atoms with van der Waals surface area (Å²) in [5.41, 5.74) is -0.343. The van der Waals surface area contributed by atoms with Crippen molar-refractivity contribution < 1.29 is 99.2 Å². The molecule has 4 aliphatic carbocycles. The molecule has 8 fully saturated rings. The molecule has 372 valence electrons. The van der Waals surface area contributed by atoms with Gasteiger partial charge in [0.05, 0.1) is 38.6 Å². The second kappa shape index (κ2) is 19.1. The SMILES string of the molecule is C=C(CCC1(O)OC2CC3C4CCC5CC(OC6OC(CO)C(O)C(O)C6OC6OC(CO)C(O)C(O)C6O)CCC5(C)C4CC(=O)C3(C)C2C1C)COC1OC(CO)C(O)C(O)C1O. The highest BCUT2D eigenvalue weighted by atomic mass is 16.8. The number of hydrogen-bond acceptors (Lipinski definition) is 20. The maximum absolute atomic E-state index is 14.7. The summed E-state index contributed by atoms with van der Waals surface area (Å²) >= 11 is 0. The van der Waals surface area contributed by atoms with Crippen LogP contribution in [0.25, 0.3) is 0 Å². The van der Waals surface area contributed by atoms with E-state index in [1.54, 1.807) is 0 Å². The van der Waals surface area contributed by atoms with Crippen molar-refractivity contribution >= 4 is 5.78 Å². The van der Waals surface area contributed by atoms with Gasteiger partial charge in [-0.3, -0.25) is 4.79 Å². The van der Waals surface area contributed by atoms with E-state index in [9.17, 15) is 66.1 Å². The molecule has 4 saturated heterocycles. The van der Waals surface area contributed by atoms with E-state index in [0.29, 0.717) is 37.7 Å². The Kier molecular flexibility index (Phi) is 14.7. The average Bonchev–Trinajstić information content (AvgIpc) is 3.73. The van der Waals surface area contributed by atoms with Gasteiger partial charge in [0.25, 0.3) is 0 Å². The van der Waals surface area contributed by atoms with Crippen LogP contribution in [-0.2, 0) is 38.0 Å². The first kappa shape index (κ1) is 50.1. The summed E-state index contributed by atoms with van der Waals surface area (Å²) in [6.07, 6.45) is -18.0. The summed E-state index contributed by atoms with van der Waals surface area (Å²) in [6.45, 7) is 8.34. The summed E-state index contributed by atoms with van der Waals surface area (Å²) in [6, 6.07) is 0. The Morgan fingerprint density at radius 3 is 1.94 bits per heavy atom. The van der Waals surface area contributed by atoms with Gasteiger partial charge >= 0.3 is 0 Å². The highest BCUT2D eigenvalue weighted by Crippen LogP contribution is 2.70. The predicted octanol–water partition coefficient (Wildman–Crippen LogP) is -2.68. The summed E-state index contributed by atoms with van der Waals surface area (Å²) in [7, 11) is 0. The largest absolute Gasteiger partial charge is 0.394 e. The topological polar surface area (TPSA) is 324 Å². The number of carbonyl (C=O) groups excluding carboxylic acids is 1. The Balaban J connectivity index is 0.888. The summed E-state index contributed by atoms with van der Waals surface area (Å²) in [5.74, 6) is -1.34. The fourth-order valence-electron chi connectivity index (χ4n) is 13.7. The molecule has 20 heteroatoms. The Hall–Kier alpha value is -1.35. The molecule has 0 aromatic rings. The molecule has 0 aromatic carbocycles. The van der Waals surface area contributed by atoms with Gasteiger partial charge in [-0.2, -0.15) is 0 Å². The third-order valence-electron chi connectivity index (χ3n) is 17.6. The van der Waals surface area contributed by atoms with Gasteiger partial charge in [-0.15, -0.1) is 0 Å². The summed E-state index contributed by atoms with van der Waals surface area (Å²) < 4.78 is 41.5. The molecular formula is C45H72O20. The number of Topliss-reactive ketones (excluding diaryl/α,β-unsaturated/α-hetero) is 1. The lowest BCUT2D eigenvalue weighted by Crippen LogP contribution is -2.65. The molecule has 0 amide bonds. The van der Waals surface area contributed by atoms with Crippen LogP contribution in [0.15, 0.2) is 12.2 Å². The molecule has 0 spiro atoms. The van der Waals surface area contributed by atoms with Gasteiger partial charge in [0.1, 0.15) is 79.0 Å². The quantitative estimate of drug-likeness (QED) is 0.0662. The maximum atomic E-state index is 14.7. The van der Waals surface area contributed by atoms with Crippen molar-refractivity contribution in [3.05, 3.63) is 12.2 Å². The van der Waals surface area contributed by atoms with Crippen molar-refractivity contribution in [3.8, 4) is 0 Å². The Bertz CT molecular complexity index is 1690. The van der Waals surface area contributed by atoms with Crippen molar-refractivity contribution in [1.29, 1.82) is 0 Å². The Morgan fingerprint density at radius 2 is 1.31 bits per heavy atom. The van der Waals surface area contributed by atoms with E-state index in [1.807, 2.05) is 6.92 Å². The van der Waals surface area contributed by atoms with E-state index in [-0.39, 0.29) is 65.8 Å². The molecule has 8 aliphatic rings. The van der Waals surface area contributed by atoms with Crippen molar-refractivity contribution in [1.82, 2.24) is 0 Å². The Morgan fingerprint density at radius 1 is 0.723 bits per heavy atom. The molecule has 26 atom stereocenters. The van der Waals surface area contributed by atoms with Crippen molar-refractivity contribution in [2.45, 2.75) is 189 Å². The number of carbonyl (C=O) groups is 1. The van der Waals surface area contributed by atoms with Crippen LogP contribution in [0.1, 0.15) is 78.6 Å². The van der Waals surface area contributed by atoms with Crippen molar-refractivity contribution in [2.24, 2.45) is 46.3 Å². The smallest absolute Gasteiger partial charge is 0.187 e. The zero-order valence-electron chi connectivity index (χ0n) is 37.3. The highest BCUT2D eigenvalue weighted by Gasteiger charge is 2.71. The molecule has 8 rings (SSSR count). The van der Waals surface area contributed by atoms with Crippen LogP contribution in [0, 0.1) is 46.3 Å².